The molecule has 0 radical (unpaired) electrons. The summed E-state index contributed by atoms with van der Waals surface area (Å²) in [5.74, 6) is 0.780. The maximum absolute atomic E-state index is 12.6. The fourth-order valence-electron chi connectivity index (χ4n) is 4.38. The topological polar surface area (TPSA) is 125 Å². The molecule has 158 valence electrons. The minimum Gasteiger partial charge on any atom is -0.448 e. The summed E-state index contributed by atoms with van der Waals surface area (Å²) in [4.78, 5) is 23.1. The molecule has 4 heterocycles. The van der Waals surface area contributed by atoms with Crippen LogP contribution in [-0.2, 0) is 4.74 Å². The standard InChI is InChI=1S/C21H25N5O4/c1-14-24-16(13-29-14)18(27)25-20(2)6-10-30-21(19(20)28)4-8-26(9-5-21)17-11-15(12-22)3-7-23-17/h3,7,11,13,19,28H,4-6,8-10H2,1-2H3,(H,25,27)/t19-,20+/m1/s1. The third-order valence-electron chi connectivity index (χ3n) is 6.17. The van der Waals surface area contributed by atoms with Gasteiger partial charge in [-0.3, -0.25) is 4.79 Å². The summed E-state index contributed by atoms with van der Waals surface area (Å²) in [7, 11) is 0. The van der Waals surface area contributed by atoms with Gasteiger partial charge in [0.05, 0.1) is 22.8 Å². The largest absolute Gasteiger partial charge is 0.448 e. The Bertz CT molecular complexity index is 976. The number of aryl methyl sites for hydroxylation is 1. The molecule has 0 aromatic carbocycles. The van der Waals surface area contributed by atoms with Gasteiger partial charge in [-0.2, -0.15) is 5.26 Å². The fourth-order valence-corrected chi connectivity index (χ4v) is 4.38. The van der Waals surface area contributed by atoms with Crippen molar-refractivity contribution < 1.29 is 19.1 Å². The van der Waals surface area contributed by atoms with Gasteiger partial charge in [0.15, 0.2) is 11.6 Å². The summed E-state index contributed by atoms with van der Waals surface area (Å²) in [5, 5.41) is 23.3. The van der Waals surface area contributed by atoms with Gasteiger partial charge in [0.25, 0.3) is 5.91 Å². The molecule has 0 bridgehead atoms. The average molecular weight is 411 g/mol. The lowest BCUT2D eigenvalue weighted by molar-refractivity contribution is -0.195. The van der Waals surface area contributed by atoms with Crippen molar-refractivity contribution in [3.63, 3.8) is 0 Å². The van der Waals surface area contributed by atoms with Crippen LogP contribution in [-0.4, -0.2) is 57.9 Å². The number of hydrogen-bond donors (Lipinski definition) is 2. The molecule has 2 aliphatic heterocycles. The van der Waals surface area contributed by atoms with Crippen LogP contribution in [0.3, 0.4) is 0 Å². The molecule has 2 fully saturated rings. The number of hydrogen-bond acceptors (Lipinski definition) is 8. The van der Waals surface area contributed by atoms with Crippen molar-refractivity contribution >= 4 is 11.7 Å². The van der Waals surface area contributed by atoms with Crippen molar-refractivity contribution in [2.45, 2.75) is 50.4 Å². The summed E-state index contributed by atoms with van der Waals surface area (Å²) in [5.41, 5.74) is -0.834. The predicted molar refractivity (Wildman–Crippen MR) is 107 cm³/mol. The van der Waals surface area contributed by atoms with Crippen LogP contribution in [0.1, 0.15) is 48.1 Å². The van der Waals surface area contributed by atoms with Crippen LogP contribution in [0.25, 0.3) is 0 Å². The molecule has 0 saturated carbocycles. The van der Waals surface area contributed by atoms with E-state index in [9.17, 15) is 9.90 Å². The monoisotopic (exact) mass is 411 g/mol. The number of nitrogens with one attached hydrogen (secondary N) is 1. The number of piperidine rings is 1. The number of aliphatic hydroxyl groups is 1. The zero-order valence-electron chi connectivity index (χ0n) is 17.1. The van der Waals surface area contributed by atoms with E-state index in [0.717, 1.165) is 5.82 Å². The van der Waals surface area contributed by atoms with Crippen molar-refractivity contribution in [1.82, 2.24) is 15.3 Å². The number of anilines is 1. The van der Waals surface area contributed by atoms with Crippen LogP contribution in [0.5, 0.6) is 0 Å². The summed E-state index contributed by atoms with van der Waals surface area (Å²) < 4.78 is 11.2. The number of nitriles is 1. The van der Waals surface area contributed by atoms with E-state index in [1.54, 1.807) is 25.3 Å². The van der Waals surface area contributed by atoms with Gasteiger partial charge in [-0.1, -0.05) is 0 Å². The van der Waals surface area contributed by atoms with Gasteiger partial charge < -0.3 is 24.5 Å². The Balaban J connectivity index is 1.47. The van der Waals surface area contributed by atoms with Gasteiger partial charge in [0.1, 0.15) is 18.2 Å². The van der Waals surface area contributed by atoms with E-state index in [2.05, 4.69) is 26.3 Å². The minimum absolute atomic E-state index is 0.194. The molecule has 2 saturated heterocycles. The zero-order chi connectivity index (χ0) is 21.4. The molecular weight excluding hydrogens is 386 g/mol. The number of rotatable bonds is 3. The Hall–Kier alpha value is -2.96. The smallest absolute Gasteiger partial charge is 0.273 e. The molecule has 2 atom stereocenters. The van der Waals surface area contributed by atoms with Crippen LogP contribution in [0.4, 0.5) is 5.82 Å². The summed E-state index contributed by atoms with van der Waals surface area (Å²) in [6.07, 6.45) is 3.73. The summed E-state index contributed by atoms with van der Waals surface area (Å²) >= 11 is 0. The van der Waals surface area contributed by atoms with Crippen molar-refractivity contribution in [2.75, 3.05) is 24.6 Å². The van der Waals surface area contributed by atoms with Crippen LogP contribution in [0.2, 0.25) is 0 Å². The van der Waals surface area contributed by atoms with E-state index >= 15 is 0 Å². The molecule has 0 unspecified atom stereocenters. The average Bonchev–Trinajstić information content (AvgIpc) is 3.19. The van der Waals surface area contributed by atoms with E-state index in [-0.39, 0.29) is 11.6 Å². The number of amides is 1. The number of pyridine rings is 1. The van der Waals surface area contributed by atoms with Gasteiger partial charge in [0, 0.05) is 32.8 Å². The van der Waals surface area contributed by atoms with E-state index < -0.39 is 17.2 Å². The van der Waals surface area contributed by atoms with Gasteiger partial charge >= 0.3 is 0 Å². The third-order valence-corrected chi connectivity index (χ3v) is 6.17. The lowest BCUT2D eigenvalue weighted by Crippen LogP contribution is -2.69. The first-order valence-corrected chi connectivity index (χ1v) is 10.0. The molecule has 4 rings (SSSR count). The molecule has 1 amide bonds. The Labute approximate surface area is 174 Å². The number of carbonyl (C=O) groups is 1. The lowest BCUT2D eigenvalue weighted by atomic mass is 9.73. The molecule has 9 nitrogen and oxygen atoms in total. The maximum Gasteiger partial charge on any atom is 0.273 e. The lowest BCUT2D eigenvalue weighted by Gasteiger charge is -2.53. The van der Waals surface area contributed by atoms with Gasteiger partial charge in [-0.25, -0.2) is 9.97 Å². The van der Waals surface area contributed by atoms with Crippen LogP contribution < -0.4 is 10.2 Å². The molecule has 2 aromatic rings. The molecule has 1 spiro atoms. The van der Waals surface area contributed by atoms with Gasteiger partial charge in [-0.15, -0.1) is 0 Å². The quantitative estimate of drug-likeness (QED) is 0.780. The molecule has 0 aliphatic carbocycles. The van der Waals surface area contributed by atoms with E-state index in [4.69, 9.17) is 14.4 Å². The Morgan fingerprint density at radius 1 is 1.40 bits per heavy atom. The van der Waals surface area contributed by atoms with E-state index in [1.165, 1.54) is 6.26 Å². The highest BCUT2D eigenvalue weighted by Gasteiger charge is 2.54. The predicted octanol–water partition coefficient (Wildman–Crippen LogP) is 1.56. The molecule has 30 heavy (non-hydrogen) atoms. The summed E-state index contributed by atoms with van der Waals surface area (Å²) in [6.45, 7) is 5.22. The number of nitrogens with zero attached hydrogens (tertiary/aromatic N) is 4. The molecule has 9 heteroatoms. The Morgan fingerprint density at radius 2 is 2.17 bits per heavy atom. The van der Waals surface area contributed by atoms with E-state index in [1.807, 2.05) is 6.92 Å². The summed E-state index contributed by atoms with van der Waals surface area (Å²) in [6, 6.07) is 5.57. The fraction of sp³-hybridized carbons (Fsp3) is 0.524. The first kappa shape index (κ1) is 20.3. The molecule has 2 aliphatic rings. The number of oxazole rings is 1. The highest BCUT2D eigenvalue weighted by Crippen LogP contribution is 2.40. The first-order chi connectivity index (χ1) is 14.3. The highest BCUT2D eigenvalue weighted by atomic mass is 16.5. The number of carbonyl (C=O) groups excluding carboxylic acids is 1. The normalized spacial score (nSPS) is 25.7. The zero-order valence-corrected chi connectivity index (χ0v) is 17.1. The maximum atomic E-state index is 12.6. The number of aliphatic hydroxyl groups excluding tert-OH is 1. The van der Waals surface area contributed by atoms with Crippen LogP contribution >= 0.6 is 0 Å². The van der Waals surface area contributed by atoms with Crippen LogP contribution in [0.15, 0.2) is 29.0 Å². The van der Waals surface area contributed by atoms with E-state index in [0.29, 0.717) is 50.4 Å². The number of ether oxygens (including phenoxy) is 1. The first-order valence-electron chi connectivity index (χ1n) is 10.0. The second kappa shape index (κ2) is 7.70. The second-order valence-corrected chi connectivity index (χ2v) is 8.19. The third kappa shape index (κ3) is 3.64. The van der Waals surface area contributed by atoms with Crippen molar-refractivity contribution in [3.8, 4) is 6.07 Å². The van der Waals surface area contributed by atoms with Crippen molar-refractivity contribution in [1.29, 1.82) is 5.26 Å². The molecule has 2 aromatic heterocycles. The van der Waals surface area contributed by atoms with Gasteiger partial charge in [-0.05, 0) is 38.3 Å². The Kier molecular flexibility index (Phi) is 5.22. The van der Waals surface area contributed by atoms with Gasteiger partial charge in [0.2, 0.25) is 0 Å². The molecule has 2 N–H and O–H groups in total. The second-order valence-electron chi connectivity index (χ2n) is 8.19. The molecular formula is C21H25N5O4. The Morgan fingerprint density at radius 3 is 2.83 bits per heavy atom. The number of aromatic nitrogens is 2. The SMILES string of the molecule is Cc1nc(C(=O)N[C@@]2(C)CCOC3(CCN(c4cc(C#N)ccn4)CC3)[C@@H]2O)co1. The van der Waals surface area contributed by atoms with Crippen molar-refractivity contribution in [2.24, 2.45) is 0 Å². The minimum atomic E-state index is -0.878. The van der Waals surface area contributed by atoms with Crippen molar-refractivity contribution in [3.05, 3.63) is 41.7 Å². The highest BCUT2D eigenvalue weighted by molar-refractivity contribution is 5.92. The van der Waals surface area contributed by atoms with Crippen LogP contribution in [0, 0.1) is 18.3 Å².